The Kier molecular flexibility index (Phi) is 9.23. The summed E-state index contributed by atoms with van der Waals surface area (Å²) in [5, 5.41) is 24.2. The predicted molar refractivity (Wildman–Crippen MR) is 153 cm³/mol. The highest BCUT2D eigenvalue weighted by atomic mass is 32.2. The second kappa shape index (κ2) is 12.8. The first-order valence-corrected chi connectivity index (χ1v) is 14.0. The first-order chi connectivity index (χ1) is 20.4. The molecule has 7 N–H and O–H groups in total. The Balaban J connectivity index is 1.66. The molecule has 3 atom stereocenters. The number of amides is 4. The number of phenols is 1. The van der Waals surface area contributed by atoms with E-state index in [1.807, 2.05) is 6.92 Å². The fourth-order valence-corrected chi connectivity index (χ4v) is 5.89. The summed E-state index contributed by atoms with van der Waals surface area (Å²) in [7, 11) is 0. The number of hydrogen-bond acceptors (Lipinski definition) is 11. The normalized spacial score (nSPS) is 18.2. The van der Waals surface area contributed by atoms with Gasteiger partial charge in [-0.05, 0) is 24.1 Å². The molecule has 1 saturated heterocycles. The Bertz CT molecular complexity index is 1540. The van der Waals surface area contributed by atoms with Gasteiger partial charge in [-0.1, -0.05) is 19.1 Å². The average Bonchev–Trinajstić information content (AvgIpc) is 2.96. The number of fused-ring (bicyclic) bond motifs is 1. The zero-order valence-corrected chi connectivity index (χ0v) is 23.8. The van der Waals surface area contributed by atoms with E-state index < -0.39 is 52.8 Å². The molecule has 2 unspecified atom stereocenters. The summed E-state index contributed by atoms with van der Waals surface area (Å²) in [5.41, 5.74) is 4.53. The molecule has 228 valence electrons. The van der Waals surface area contributed by atoms with Crippen molar-refractivity contribution in [2.24, 2.45) is 5.73 Å². The van der Waals surface area contributed by atoms with Crippen LogP contribution in [0, 0.1) is 0 Å². The Morgan fingerprint density at radius 1 is 1.26 bits per heavy atom. The van der Waals surface area contributed by atoms with Crippen molar-refractivity contribution in [3.63, 3.8) is 0 Å². The number of nitrogens with zero attached hydrogens (tertiary/aromatic N) is 3. The molecule has 0 aliphatic carbocycles. The van der Waals surface area contributed by atoms with Crippen LogP contribution in [-0.4, -0.2) is 85.2 Å². The monoisotopic (exact) mass is 615 g/mol. The van der Waals surface area contributed by atoms with Crippen molar-refractivity contribution in [1.82, 2.24) is 20.2 Å². The summed E-state index contributed by atoms with van der Waals surface area (Å²) < 4.78 is 4.93. The number of hydrogen-bond donors (Lipinski definition) is 6. The Morgan fingerprint density at radius 2 is 1.95 bits per heavy atom. The molecular weight excluding hydrogens is 586 g/mol. The van der Waals surface area contributed by atoms with Gasteiger partial charge < -0.3 is 31.3 Å². The zero-order valence-electron chi connectivity index (χ0n) is 23.0. The number of carboxylic acids is 1. The molecule has 1 aromatic heterocycles. The lowest BCUT2D eigenvalue weighted by molar-refractivity contribution is -0.151. The minimum absolute atomic E-state index is 0.101. The minimum atomic E-state index is -1.60. The average molecular weight is 616 g/mol. The van der Waals surface area contributed by atoms with Crippen LogP contribution in [0.3, 0.4) is 0 Å². The van der Waals surface area contributed by atoms with Crippen LogP contribution in [-0.2, 0) is 23.9 Å². The van der Waals surface area contributed by atoms with E-state index in [1.165, 1.54) is 31.2 Å². The van der Waals surface area contributed by atoms with E-state index in [2.05, 4.69) is 20.6 Å². The molecule has 2 aromatic rings. The van der Waals surface area contributed by atoms with Crippen LogP contribution in [0.2, 0.25) is 0 Å². The lowest BCUT2D eigenvalue weighted by Crippen LogP contribution is -2.71. The molecule has 17 heteroatoms. The second-order valence-electron chi connectivity index (χ2n) is 9.51. The van der Waals surface area contributed by atoms with Gasteiger partial charge in [0.05, 0.1) is 6.20 Å². The highest BCUT2D eigenvalue weighted by Gasteiger charge is 2.55. The smallest absolute Gasteiger partial charge is 0.352 e. The van der Waals surface area contributed by atoms with Crippen molar-refractivity contribution in [2.75, 3.05) is 29.1 Å². The number of carboxylic acid groups (broad SMARTS) is 1. The molecule has 2 aliphatic rings. The van der Waals surface area contributed by atoms with Crippen LogP contribution < -0.4 is 26.8 Å². The molecule has 2 aliphatic heterocycles. The third-order valence-corrected chi connectivity index (χ3v) is 7.87. The first-order valence-electron chi connectivity index (χ1n) is 13.0. The number of H-pyrrole nitrogens is 1. The number of carbonyl (C=O) groups excluding carboxylic acids is 4. The number of nitrogens with one attached hydrogen (secondary N) is 3. The fraction of sp³-hybridized carbons (Fsp3) is 0.346. The number of primary amides is 1. The maximum absolute atomic E-state index is 13.8. The number of ether oxygens (including phenoxy) is 1. The highest BCUT2D eigenvalue weighted by Crippen LogP contribution is 2.41. The van der Waals surface area contributed by atoms with Crippen molar-refractivity contribution in [3.05, 3.63) is 57.6 Å². The van der Waals surface area contributed by atoms with Gasteiger partial charge in [-0.2, -0.15) is 0 Å². The number of benzene rings is 1. The number of aromatic nitrogens is 2. The fourth-order valence-electron chi connectivity index (χ4n) is 4.57. The maximum atomic E-state index is 13.8. The number of aromatic hydroxyl groups is 1. The largest absolute Gasteiger partial charge is 0.508 e. The Morgan fingerprint density at radius 3 is 2.53 bits per heavy atom. The summed E-state index contributed by atoms with van der Waals surface area (Å²) in [6.07, 6.45) is 1.82. The lowest BCUT2D eigenvalue weighted by atomic mass is 10.00. The van der Waals surface area contributed by atoms with Crippen LogP contribution in [0.4, 0.5) is 16.4 Å². The number of thioether (sulfide) groups is 1. The highest BCUT2D eigenvalue weighted by molar-refractivity contribution is 8.00. The van der Waals surface area contributed by atoms with E-state index in [0.717, 1.165) is 29.3 Å². The van der Waals surface area contributed by atoms with E-state index in [0.29, 0.717) is 11.4 Å². The van der Waals surface area contributed by atoms with Crippen molar-refractivity contribution >= 4 is 53.2 Å². The summed E-state index contributed by atoms with van der Waals surface area (Å²) in [6, 6.07) is 1.22. The molecular formula is C26H29N7O9S. The number of β-lactam (4-membered cyclic amide) rings is 1. The number of aromatic amines is 1. The lowest BCUT2D eigenvalue weighted by Gasteiger charge is -2.49. The van der Waals surface area contributed by atoms with Crippen LogP contribution in [0.5, 0.6) is 5.75 Å². The molecule has 43 heavy (non-hydrogen) atoms. The van der Waals surface area contributed by atoms with Crippen LogP contribution in [0.25, 0.3) is 0 Å². The molecule has 1 aromatic carbocycles. The minimum Gasteiger partial charge on any atom is -0.508 e. The number of phenolic OH excluding ortho intramolecular Hbond substituents is 1. The van der Waals surface area contributed by atoms with Gasteiger partial charge in [0.1, 0.15) is 41.2 Å². The first kappa shape index (κ1) is 30.9. The van der Waals surface area contributed by atoms with Gasteiger partial charge >= 0.3 is 18.0 Å². The summed E-state index contributed by atoms with van der Waals surface area (Å²) in [6.45, 7) is 3.27. The van der Waals surface area contributed by atoms with E-state index in [-0.39, 0.29) is 46.6 Å². The van der Waals surface area contributed by atoms with Gasteiger partial charge in [0.2, 0.25) is 11.9 Å². The number of rotatable bonds is 11. The van der Waals surface area contributed by atoms with E-state index in [1.54, 1.807) is 0 Å². The second-order valence-corrected chi connectivity index (χ2v) is 10.6. The standard InChI is InChI=1S/C26H29N7O9S/c1-3-8-28-26-29-9-16(20(36)31-26)32(25(27)41)18(13-4-6-15(35)7-5-13)21(37)30-17-22(38)33-19(24(39)40)14(10-42-12(2)34)11-43-23(17)33/h4-7,9,17-18,23,35H,3,8,10-11H2,1-2H3,(H2,27,41)(H,30,37)(H,39,40)(H2,28,29,31,36)/t17?,18?,23-/m0/s1. The van der Waals surface area contributed by atoms with Gasteiger partial charge in [0.25, 0.3) is 11.5 Å². The molecule has 4 rings (SSSR count). The quantitative estimate of drug-likeness (QED) is 0.147. The number of anilines is 2. The van der Waals surface area contributed by atoms with Gasteiger partial charge in [0.15, 0.2) is 0 Å². The van der Waals surface area contributed by atoms with Crippen LogP contribution in [0.15, 0.2) is 46.5 Å². The van der Waals surface area contributed by atoms with E-state index in [9.17, 15) is 39.0 Å². The summed E-state index contributed by atoms with van der Waals surface area (Å²) in [4.78, 5) is 84.3. The maximum Gasteiger partial charge on any atom is 0.352 e. The van der Waals surface area contributed by atoms with Crippen molar-refractivity contribution in [2.45, 2.75) is 37.7 Å². The summed E-state index contributed by atoms with van der Waals surface area (Å²) >= 11 is 1.15. The van der Waals surface area contributed by atoms with Crippen molar-refractivity contribution < 1.29 is 38.9 Å². The molecule has 16 nitrogen and oxygen atoms in total. The molecule has 4 amide bonds. The molecule has 3 heterocycles. The molecule has 0 radical (unpaired) electrons. The van der Waals surface area contributed by atoms with Crippen molar-refractivity contribution in [3.8, 4) is 5.75 Å². The number of urea groups is 1. The van der Waals surface area contributed by atoms with Gasteiger partial charge in [-0.15, -0.1) is 11.8 Å². The van der Waals surface area contributed by atoms with Crippen LogP contribution in [0.1, 0.15) is 31.9 Å². The number of nitrogens with two attached hydrogens (primary N) is 1. The topological polar surface area (TPSA) is 237 Å². The third-order valence-electron chi connectivity index (χ3n) is 6.53. The van der Waals surface area contributed by atoms with Gasteiger partial charge in [-0.3, -0.25) is 34.0 Å². The van der Waals surface area contributed by atoms with E-state index >= 15 is 0 Å². The summed E-state index contributed by atoms with van der Waals surface area (Å²) in [5.74, 6) is -3.59. The third kappa shape index (κ3) is 6.40. The SMILES string of the molecule is CCCNc1ncc(N(C(N)=O)C(C(=O)NC2C(=O)N3C(C(=O)O)=C(COC(C)=O)CS[C@@H]23)c2ccc(O)cc2)c(=O)[nH]1. The Labute approximate surface area is 248 Å². The number of aliphatic carboxylic acids is 1. The molecule has 0 spiro atoms. The number of esters is 1. The van der Waals surface area contributed by atoms with Crippen molar-refractivity contribution in [1.29, 1.82) is 0 Å². The van der Waals surface area contributed by atoms with Gasteiger partial charge in [0, 0.05) is 24.8 Å². The zero-order chi connectivity index (χ0) is 31.4. The Hall–Kier alpha value is -5.06. The van der Waals surface area contributed by atoms with Crippen LogP contribution >= 0.6 is 11.8 Å². The number of carbonyl (C=O) groups is 5. The molecule has 1 fully saturated rings. The molecule has 0 saturated carbocycles. The van der Waals surface area contributed by atoms with E-state index in [4.69, 9.17) is 10.5 Å². The predicted octanol–water partition coefficient (Wildman–Crippen LogP) is 0.226. The molecule has 0 bridgehead atoms. The van der Waals surface area contributed by atoms with Gasteiger partial charge in [-0.25, -0.2) is 14.6 Å².